The molecule has 1 aliphatic rings. The molecule has 21 heavy (non-hydrogen) atoms. The molecule has 118 valence electrons. The van der Waals surface area contributed by atoms with Crippen molar-refractivity contribution in [2.45, 2.75) is 24.5 Å². The van der Waals surface area contributed by atoms with Crippen molar-refractivity contribution < 1.29 is 38.6 Å². The molecule has 1 saturated heterocycles. The second-order valence-electron chi connectivity index (χ2n) is 4.40. The molecular formula is C9H14N3O8P. The van der Waals surface area contributed by atoms with Crippen LogP contribution < -0.4 is 5.73 Å². The molecule has 6 N–H and O–H groups in total. The Bertz CT molecular complexity index is 571. The zero-order valence-corrected chi connectivity index (χ0v) is 11.4. The normalized spacial score (nSPS) is 29.7. The van der Waals surface area contributed by atoms with Crippen LogP contribution in [0.1, 0.15) is 16.7 Å². The van der Waals surface area contributed by atoms with E-state index < -0.39 is 44.9 Å². The van der Waals surface area contributed by atoms with Gasteiger partial charge in [0, 0.05) is 6.20 Å². The average Bonchev–Trinajstić information content (AvgIpc) is 2.94. The van der Waals surface area contributed by atoms with Crippen molar-refractivity contribution in [1.29, 1.82) is 0 Å². The summed E-state index contributed by atoms with van der Waals surface area (Å²) in [5.41, 5.74) is 4.98. The van der Waals surface area contributed by atoms with Gasteiger partial charge in [-0.15, -0.1) is 0 Å². The number of rotatable bonds is 5. The molecule has 12 heteroatoms. The zero-order chi connectivity index (χ0) is 15.8. The molecule has 1 aliphatic heterocycles. The lowest BCUT2D eigenvalue weighted by Crippen LogP contribution is -2.33. The van der Waals surface area contributed by atoms with Gasteiger partial charge in [0.2, 0.25) is 0 Å². The van der Waals surface area contributed by atoms with Crippen molar-refractivity contribution in [1.82, 2.24) is 9.55 Å². The van der Waals surface area contributed by atoms with Crippen molar-refractivity contribution in [2.75, 3.05) is 6.61 Å². The monoisotopic (exact) mass is 323 g/mol. The second kappa shape index (κ2) is 5.81. The van der Waals surface area contributed by atoms with E-state index in [1.54, 1.807) is 0 Å². The highest BCUT2D eigenvalue weighted by molar-refractivity contribution is 7.46. The highest BCUT2D eigenvalue weighted by Gasteiger charge is 2.44. The first-order valence-electron chi connectivity index (χ1n) is 5.74. The summed E-state index contributed by atoms with van der Waals surface area (Å²) in [5, 5.41) is 19.6. The van der Waals surface area contributed by atoms with Gasteiger partial charge in [-0.25, -0.2) is 9.55 Å². The first-order valence-corrected chi connectivity index (χ1v) is 7.27. The fraction of sp³-hybridized carbons (Fsp3) is 0.556. The van der Waals surface area contributed by atoms with Crippen molar-refractivity contribution in [3.05, 3.63) is 18.2 Å². The molecule has 2 heterocycles. The number of phosphoric ester groups is 1. The number of nitrogens with zero attached hydrogens (tertiary/aromatic N) is 2. The maximum absolute atomic E-state index is 10.9. The van der Waals surface area contributed by atoms with Crippen LogP contribution in [0.4, 0.5) is 0 Å². The fourth-order valence-electron chi connectivity index (χ4n) is 1.89. The maximum Gasteiger partial charge on any atom is 0.469 e. The predicted octanol–water partition coefficient (Wildman–Crippen LogP) is -2.29. The van der Waals surface area contributed by atoms with Gasteiger partial charge in [0.15, 0.2) is 6.23 Å². The number of amides is 1. The van der Waals surface area contributed by atoms with Crippen LogP contribution in [0.2, 0.25) is 0 Å². The zero-order valence-electron chi connectivity index (χ0n) is 10.5. The summed E-state index contributed by atoms with van der Waals surface area (Å²) in [4.78, 5) is 31.8. The summed E-state index contributed by atoms with van der Waals surface area (Å²) in [6.07, 6.45) is -2.68. The second-order valence-corrected chi connectivity index (χ2v) is 5.64. The Balaban J connectivity index is 2.08. The molecule has 0 radical (unpaired) electrons. The highest BCUT2D eigenvalue weighted by atomic mass is 31.2. The molecule has 4 atom stereocenters. The van der Waals surface area contributed by atoms with Crippen LogP contribution in [0, 0.1) is 0 Å². The predicted molar refractivity (Wildman–Crippen MR) is 64.7 cm³/mol. The van der Waals surface area contributed by atoms with Crippen LogP contribution in [0.15, 0.2) is 12.5 Å². The van der Waals surface area contributed by atoms with Crippen molar-refractivity contribution in [3.63, 3.8) is 0 Å². The van der Waals surface area contributed by atoms with Gasteiger partial charge in [0.25, 0.3) is 5.91 Å². The summed E-state index contributed by atoms with van der Waals surface area (Å²) in [5.74, 6) is -0.775. The van der Waals surface area contributed by atoms with E-state index >= 15 is 0 Å². The Morgan fingerprint density at radius 2 is 2.14 bits per heavy atom. The Kier molecular flexibility index (Phi) is 4.44. The highest BCUT2D eigenvalue weighted by Crippen LogP contribution is 2.38. The smallest absolute Gasteiger partial charge is 0.387 e. The Morgan fingerprint density at radius 3 is 2.67 bits per heavy atom. The van der Waals surface area contributed by atoms with E-state index in [1.807, 2.05) is 0 Å². The van der Waals surface area contributed by atoms with Gasteiger partial charge in [-0.2, -0.15) is 0 Å². The lowest BCUT2D eigenvalue weighted by atomic mass is 10.1. The van der Waals surface area contributed by atoms with Gasteiger partial charge in [-0.05, 0) is 0 Å². The molecule has 1 aromatic heterocycles. The number of phosphoric acid groups is 1. The standard InChI is InChI=1S/C9H14N3O8P/c10-8(15)4-1-12(3-11-4)9-7(14)6(13)5(20-9)2-19-21(16,17)18/h1,3,5-7,9,13-14H,2H2,(H2,10,15)(H2,16,17,18)/t5-,6-,7-,9?/m1/s1. The van der Waals surface area contributed by atoms with Gasteiger partial charge in [-0.3, -0.25) is 9.32 Å². The average molecular weight is 323 g/mol. The number of primary amides is 1. The van der Waals surface area contributed by atoms with Gasteiger partial charge in [0.05, 0.1) is 12.9 Å². The topological polar surface area (TPSA) is 177 Å². The minimum absolute atomic E-state index is 0.0600. The molecule has 0 bridgehead atoms. The molecule has 1 fully saturated rings. The molecule has 0 aliphatic carbocycles. The van der Waals surface area contributed by atoms with Crippen LogP contribution in [-0.4, -0.2) is 60.4 Å². The van der Waals surface area contributed by atoms with Crippen molar-refractivity contribution >= 4 is 13.7 Å². The Labute approximate surface area is 118 Å². The molecule has 0 spiro atoms. The number of ether oxygens (including phenoxy) is 1. The first-order chi connectivity index (χ1) is 9.69. The maximum atomic E-state index is 10.9. The number of aliphatic hydroxyl groups excluding tert-OH is 2. The minimum atomic E-state index is -4.72. The number of aromatic nitrogens is 2. The van der Waals surface area contributed by atoms with Crippen LogP contribution in [0.5, 0.6) is 0 Å². The Morgan fingerprint density at radius 1 is 1.48 bits per heavy atom. The first kappa shape index (κ1) is 16.0. The number of hydrogen-bond donors (Lipinski definition) is 5. The van der Waals surface area contributed by atoms with Crippen LogP contribution in [0.25, 0.3) is 0 Å². The number of hydrogen-bond acceptors (Lipinski definition) is 7. The van der Waals surface area contributed by atoms with Crippen molar-refractivity contribution in [3.8, 4) is 0 Å². The third-order valence-electron chi connectivity index (χ3n) is 2.89. The lowest BCUT2D eigenvalue weighted by molar-refractivity contribution is -0.0521. The molecular weight excluding hydrogens is 309 g/mol. The van der Waals surface area contributed by atoms with E-state index in [4.69, 9.17) is 20.3 Å². The number of carbonyl (C=O) groups is 1. The Hall–Kier alpha value is -1.33. The molecule has 11 nitrogen and oxygen atoms in total. The summed E-state index contributed by atoms with van der Waals surface area (Å²) in [6.45, 7) is -0.615. The molecule has 1 aromatic rings. The van der Waals surface area contributed by atoms with Crippen molar-refractivity contribution in [2.24, 2.45) is 5.73 Å². The third-order valence-corrected chi connectivity index (χ3v) is 3.38. The van der Waals surface area contributed by atoms with E-state index in [0.717, 1.165) is 0 Å². The van der Waals surface area contributed by atoms with Gasteiger partial charge in [-0.1, -0.05) is 0 Å². The number of imidazole rings is 1. The number of aliphatic hydroxyl groups is 2. The van der Waals surface area contributed by atoms with Gasteiger partial charge < -0.3 is 35.0 Å². The molecule has 2 rings (SSSR count). The minimum Gasteiger partial charge on any atom is -0.387 e. The largest absolute Gasteiger partial charge is 0.469 e. The molecule has 0 saturated carbocycles. The van der Waals surface area contributed by atoms with Crippen LogP contribution >= 0.6 is 7.82 Å². The van der Waals surface area contributed by atoms with E-state index in [-0.39, 0.29) is 5.69 Å². The molecule has 1 amide bonds. The summed E-state index contributed by atoms with van der Waals surface area (Å²) in [6, 6.07) is 0. The molecule has 0 aromatic carbocycles. The summed E-state index contributed by atoms with van der Waals surface area (Å²) < 4.78 is 21.3. The number of carbonyl (C=O) groups excluding carboxylic acids is 1. The fourth-order valence-corrected chi connectivity index (χ4v) is 2.23. The van der Waals surface area contributed by atoms with E-state index in [1.165, 1.54) is 17.1 Å². The van der Waals surface area contributed by atoms with E-state index in [9.17, 15) is 19.6 Å². The van der Waals surface area contributed by atoms with Gasteiger partial charge >= 0.3 is 7.82 Å². The van der Waals surface area contributed by atoms with Gasteiger partial charge in [0.1, 0.15) is 24.0 Å². The summed E-state index contributed by atoms with van der Waals surface area (Å²) in [7, 11) is -4.72. The van der Waals surface area contributed by atoms with E-state index in [0.29, 0.717) is 0 Å². The number of nitrogens with two attached hydrogens (primary N) is 1. The summed E-state index contributed by atoms with van der Waals surface area (Å²) >= 11 is 0. The molecule has 1 unspecified atom stereocenters. The lowest BCUT2D eigenvalue weighted by Gasteiger charge is -2.15. The quantitative estimate of drug-likeness (QED) is 0.373. The van der Waals surface area contributed by atoms with Crippen LogP contribution in [0.3, 0.4) is 0 Å². The SMILES string of the molecule is NC(=O)c1cn(C2O[C@H](COP(=O)(O)O)[C@@H](O)[C@H]2O)cn1. The van der Waals surface area contributed by atoms with Crippen LogP contribution in [-0.2, 0) is 13.8 Å². The van der Waals surface area contributed by atoms with E-state index in [2.05, 4.69) is 9.51 Å². The third kappa shape index (κ3) is 3.66.